The van der Waals surface area contributed by atoms with E-state index >= 15 is 0 Å². The summed E-state index contributed by atoms with van der Waals surface area (Å²) in [4.78, 5) is 19.7. The highest BCUT2D eigenvalue weighted by Crippen LogP contribution is 2.29. The minimum absolute atomic E-state index is 0.0384. The van der Waals surface area contributed by atoms with Crippen LogP contribution in [-0.2, 0) is 13.2 Å². The molecule has 0 aromatic carbocycles. The van der Waals surface area contributed by atoms with Crippen LogP contribution in [0.5, 0.6) is 0 Å². The second-order valence-corrected chi connectivity index (χ2v) is 4.62. The molecule has 0 aliphatic rings. The molecule has 3 rings (SSSR count). The number of pyridine rings is 1. The van der Waals surface area contributed by atoms with E-state index in [0.29, 0.717) is 0 Å². The number of halogens is 3. The van der Waals surface area contributed by atoms with Gasteiger partial charge < -0.3 is 0 Å². The number of anilines is 1. The van der Waals surface area contributed by atoms with Crippen LogP contribution >= 0.6 is 0 Å². The quantitative estimate of drug-likeness (QED) is 0.766. The second kappa shape index (κ2) is 5.72. The van der Waals surface area contributed by atoms with Gasteiger partial charge in [-0.1, -0.05) is 5.10 Å². The van der Waals surface area contributed by atoms with Gasteiger partial charge in [0.25, 0.3) is 5.91 Å². The largest absolute Gasteiger partial charge is 0.433 e. The van der Waals surface area contributed by atoms with Gasteiger partial charge in [-0.15, -0.1) is 0 Å². The fourth-order valence-electron chi connectivity index (χ4n) is 1.87. The Morgan fingerprint density at radius 1 is 1.29 bits per heavy atom. The first-order valence-electron chi connectivity index (χ1n) is 6.46. The maximum absolute atomic E-state index is 12.9. The Labute approximate surface area is 132 Å². The van der Waals surface area contributed by atoms with E-state index in [0.717, 1.165) is 12.1 Å². The van der Waals surface area contributed by atoms with E-state index in [9.17, 15) is 18.0 Å². The zero-order valence-electron chi connectivity index (χ0n) is 12.1. The average molecular weight is 338 g/mol. The van der Waals surface area contributed by atoms with E-state index in [1.807, 2.05) is 0 Å². The summed E-state index contributed by atoms with van der Waals surface area (Å²) in [6.45, 7) is 0. The molecular weight excluding hydrogens is 329 g/mol. The molecule has 12 heteroatoms. The minimum atomic E-state index is -4.64. The van der Waals surface area contributed by atoms with Crippen molar-refractivity contribution in [2.45, 2.75) is 6.18 Å². The number of rotatable bonds is 3. The van der Waals surface area contributed by atoms with Gasteiger partial charge in [0.15, 0.2) is 5.82 Å². The predicted octanol–water partition coefficient (Wildman–Crippen LogP) is 1.06. The maximum Gasteiger partial charge on any atom is 0.433 e. The van der Waals surface area contributed by atoms with Crippen LogP contribution in [0.2, 0.25) is 0 Å². The van der Waals surface area contributed by atoms with Gasteiger partial charge in [0.1, 0.15) is 12.0 Å². The first kappa shape index (κ1) is 15.6. The summed E-state index contributed by atoms with van der Waals surface area (Å²) in [5.41, 5.74) is -1.22. The van der Waals surface area contributed by atoms with Crippen LogP contribution < -0.4 is 5.32 Å². The predicted molar refractivity (Wildman–Crippen MR) is 73.1 cm³/mol. The fraction of sp³-hybridized carbons (Fsp3) is 0.167. The molecule has 0 radical (unpaired) electrons. The molecule has 1 amide bonds. The molecule has 0 atom stereocenters. The van der Waals surface area contributed by atoms with Crippen LogP contribution in [0.15, 0.2) is 30.9 Å². The van der Waals surface area contributed by atoms with Crippen LogP contribution in [0.1, 0.15) is 16.1 Å². The summed E-state index contributed by atoms with van der Waals surface area (Å²) in [7, 11) is 1.50. The Bertz CT molecular complexity index is 871. The molecule has 9 nitrogen and oxygen atoms in total. The van der Waals surface area contributed by atoms with Crippen LogP contribution in [0.4, 0.5) is 19.1 Å². The maximum atomic E-state index is 12.9. The van der Waals surface area contributed by atoms with Gasteiger partial charge in [0.05, 0.1) is 5.56 Å². The molecule has 3 heterocycles. The van der Waals surface area contributed by atoms with E-state index in [2.05, 4.69) is 30.8 Å². The number of aromatic nitrogens is 7. The number of carbonyl (C=O) groups excluding carboxylic acids is 1. The van der Waals surface area contributed by atoms with Gasteiger partial charge in [0.2, 0.25) is 5.95 Å². The van der Waals surface area contributed by atoms with Crippen molar-refractivity contribution >= 4 is 11.9 Å². The first-order chi connectivity index (χ1) is 11.4. The SMILES string of the molecule is Cn1nnnc1NC(=O)c1ccc(C(F)(F)F)nc1-n1ccnc1. The number of tetrazole rings is 1. The number of hydrogen-bond donors (Lipinski definition) is 1. The molecule has 0 aliphatic carbocycles. The summed E-state index contributed by atoms with van der Waals surface area (Å²) in [6.07, 6.45) is -0.666. The van der Waals surface area contributed by atoms with Crippen LogP contribution in [0.3, 0.4) is 0 Å². The van der Waals surface area contributed by atoms with Crippen molar-refractivity contribution in [3.8, 4) is 5.82 Å². The fourth-order valence-corrected chi connectivity index (χ4v) is 1.87. The van der Waals surface area contributed by atoms with Gasteiger partial charge >= 0.3 is 6.18 Å². The molecule has 0 aliphatic heterocycles. The lowest BCUT2D eigenvalue weighted by molar-refractivity contribution is -0.141. The lowest BCUT2D eigenvalue weighted by Crippen LogP contribution is -2.20. The van der Waals surface area contributed by atoms with Crippen molar-refractivity contribution in [3.05, 3.63) is 42.1 Å². The molecule has 1 N–H and O–H groups in total. The second-order valence-electron chi connectivity index (χ2n) is 4.62. The van der Waals surface area contributed by atoms with E-state index in [1.54, 1.807) is 0 Å². The monoisotopic (exact) mass is 338 g/mol. The first-order valence-corrected chi connectivity index (χ1v) is 6.46. The number of aryl methyl sites for hydroxylation is 1. The standard InChI is InChI=1S/C12H9F3N8O/c1-22-11(19-20-21-22)18-10(24)7-2-3-8(12(13,14)15)17-9(7)23-5-4-16-6-23/h2-6H,1H3,(H,18,19,21,24). The van der Waals surface area contributed by atoms with Crippen LogP contribution in [-0.4, -0.2) is 40.6 Å². The highest BCUT2D eigenvalue weighted by atomic mass is 19.4. The molecule has 0 bridgehead atoms. The highest BCUT2D eigenvalue weighted by Gasteiger charge is 2.34. The zero-order valence-corrected chi connectivity index (χ0v) is 12.1. The Kier molecular flexibility index (Phi) is 3.71. The Morgan fingerprint density at radius 3 is 2.67 bits per heavy atom. The molecule has 0 spiro atoms. The third kappa shape index (κ3) is 2.93. The Hall–Kier alpha value is -3.31. The number of hydrogen-bond acceptors (Lipinski definition) is 6. The molecule has 0 unspecified atom stereocenters. The molecule has 3 aromatic heterocycles. The third-order valence-corrected chi connectivity index (χ3v) is 3.00. The van der Waals surface area contributed by atoms with Crippen molar-refractivity contribution < 1.29 is 18.0 Å². The normalized spacial score (nSPS) is 11.5. The lowest BCUT2D eigenvalue weighted by Gasteiger charge is -2.12. The topological polar surface area (TPSA) is 103 Å². The van der Waals surface area contributed by atoms with Gasteiger partial charge in [-0.2, -0.15) is 13.2 Å². The molecular formula is C12H9F3N8O. The van der Waals surface area contributed by atoms with E-state index < -0.39 is 17.8 Å². The van der Waals surface area contributed by atoms with Crippen molar-refractivity contribution in [2.24, 2.45) is 7.05 Å². The Balaban J connectivity index is 2.03. The summed E-state index contributed by atoms with van der Waals surface area (Å²) >= 11 is 0. The van der Waals surface area contributed by atoms with Crippen molar-refractivity contribution in [1.82, 2.24) is 34.7 Å². The van der Waals surface area contributed by atoms with Gasteiger partial charge in [-0.3, -0.25) is 14.7 Å². The summed E-state index contributed by atoms with van der Waals surface area (Å²) < 4.78 is 41.1. The summed E-state index contributed by atoms with van der Waals surface area (Å²) in [6, 6.07) is 1.76. The van der Waals surface area contributed by atoms with Crippen LogP contribution in [0, 0.1) is 0 Å². The van der Waals surface area contributed by atoms with E-state index in [-0.39, 0.29) is 17.3 Å². The summed E-state index contributed by atoms with van der Waals surface area (Å²) in [5, 5.41) is 12.9. The van der Waals surface area contributed by atoms with Crippen LogP contribution in [0.25, 0.3) is 5.82 Å². The number of alkyl halides is 3. The number of nitrogens with one attached hydrogen (secondary N) is 1. The van der Waals surface area contributed by atoms with Crippen molar-refractivity contribution in [2.75, 3.05) is 5.32 Å². The molecule has 124 valence electrons. The molecule has 0 saturated carbocycles. The highest BCUT2D eigenvalue weighted by molar-refractivity contribution is 6.05. The zero-order chi connectivity index (χ0) is 17.3. The number of nitrogens with zero attached hydrogens (tertiary/aromatic N) is 7. The lowest BCUT2D eigenvalue weighted by atomic mass is 10.2. The Morgan fingerprint density at radius 2 is 2.08 bits per heavy atom. The average Bonchev–Trinajstić information content (AvgIpc) is 3.18. The van der Waals surface area contributed by atoms with Gasteiger partial charge in [-0.05, 0) is 22.6 Å². The number of amides is 1. The smallest absolute Gasteiger partial charge is 0.290 e. The van der Waals surface area contributed by atoms with Gasteiger partial charge in [-0.25, -0.2) is 14.6 Å². The van der Waals surface area contributed by atoms with Crippen molar-refractivity contribution in [1.29, 1.82) is 0 Å². The molecule has 0 fully saturated rings. The van der Waals surface area contributed by atoms with Crippen molar-refractivity contribution in [3.63, 3.8) is 0 Å². The van der Waals surface area contributed by atoms with Gasteiger partial charge in [0, 0.05) is 19.4 Å². The number of imidazole rings is 1. The molecule has 0 saturated heterocycles. The summed E-state index contributed by atoms with van der Waals surface area (Å²) in [5.74, 6) is -0.885. The minimum Gasteiger partial charge on any atom is -0.290 e. The molecule has 24 heavy (non-hydrogen) atoms. The van der Waals surface area contributed by atoms with E-state index in [4.69, 9.17) is 0 Å². The molecule has 3 aromatic rings. The number of carbonyl (C=O) groups is 1. The third-order valence-electron chi connectivity index (χ3n) is 3.00. The van der Waals surface area contributed by atoms with E-state index in [1.165, 1.54) is 35.0 Å².